The maximum atomic E-state index is 12.5. The average Bonchev–Trinajstić information content (AvgIpc) is 2.88. The van der Waals surface area contributed by atoms with Crippen molar-refractivity contribution in [1.82, 2.24) is 23.6 Å². The number of imidazole rings is 1. The van der Waals surface area contributed by atoms with E-state index < -0.39 is 0 Å². The topological polar surface area (TPSA) is 74.3 Å². The summed E-state index contributed by atoms with van der Waals surface area (Å²) in [6.45, 7) is 9.03. The lowest BCUT2D eigenvalue weighted by Crippen LogP contribution is -2.45. The van der Waals surface area contributed by atoms with Crippen LogP contribution < -0.4 is 11.2 Å². The van der Waals surface area contributed by atoms with Crippen molar-refractivity contribution in [2.75, 3.05) is 13.1 Å². The van der Waals surface area contributed by atoms with Gasteiger partial charge in [0, 0.05) is 33.7 Å². The van der Waals surface area contributed by atoms with Gasteiger partial charge in [-0.15, -0.1) is 0 Å². The summed E-state index contributed by atoms with van der Waals surface area (Å²) < 4.78 is 10.3. The van der Waals surface area contributed by atoms with Crippen LogP contribution >= 0.6 is 0 Å². The van der Waals surface area contributed by atoms with Gasteiger partial charge in [-0.2, -0.15) is 0 Å². The fourth-order valence-corrected chi connectivity index (χ4v) is 3.57. The van der Waals surface area contributed by atoms with Gasteiger partial charge in [0.2, 0.25) is 0 Å². The van der Waals surface area contributed by atoms with E-state index in [9.17, 15) is 9.59 Å². The largest absolute Gasteiger partial charge is 0.373 e. The van der Waals surface area contributed by atoms with Crippen molar-refractivity contribution in [3.8, 4) is 0 Å². The maximum Gasteiger partial charge on any atom is 0.332 e. The molecule has 0 spiro atoms. The van der Waals surface area contributed by atoms with Crippen LogP contribution in [0.2, 0.25) is 0 Å². The molecule has 132 valence electrons. The third kappa shape index (κ3) is 2.69. The van der Waals surface area contributed by atoms with Gasteiger partial charge in [0.25, 0.3) is 5.56 Å². The van der Waals surface area contributed by atoms with Gasteiger partial charge in [0.1, 0.15) is 5.82 Å². The van der Waals surface area contributed by atoms with E-state index in [1.54, 1.807) is 7.05 Å². The van der Waals surface area contributed by atoms with Gasteiger partial charge in [-0.05, 0) is 20.8 Å². The van der Waals surface area contributed by atoms with Crippen molar-refractivity contribution in [3.63, 3.8) is 0 Å². The maximum absolute atomic E-state index is 12.5. The Kier molecular flexibility index (Phi) is 4.35. The zero-order valence-corrected chi connectivity index (χ0v) is 14.9. The van der Waals surface area contributed by atoms with Crippen LogP contribution in [0.3, 0.4) is 0 Å². The van der Waals surface area contributed by atoms with E-state index in [1.165, 1.54) is 11.6 Å². The van der Waals surface area contributed by atoms with Crippen molar-refractivity contribution in [1.29, 1.82) is 0 Å². The summed E-state index contributed by atoms with van der Waals surface area (Å²) in [5.41, 5.74) is 0.298. The van der Waals surface area contributed by atoms with Gasteiger partial charge in [-0.3, -0.25) is 18.8 Å². The van der Waals surface area contributed by atoms with Crippen LogP contribution in [0.15, 0.2) is 9.59 Å². The first-order valence-electron chi connectivity index (χ1n) is 8.36. The average molecular weight is 335 g/mol. The Morgan fingerprint density at radius 1 is 1.12 bits per heavy atom. The van der Waals surface area contributed by atoms with Gasteiger partial charge < -0.3 is 9.30 Å². The van der Waals surface area contributed by atoms with Gasteiger partial charge in [0.05, 0.1) is 18.8 Å². The van der Waals surface area contributed by atoms with E-state index in [0.717, 1.165) is 23.5 Å². The van der Waals surface area contributed by atoms with Crippen molar-refractivity contribution in [2.24, 2.45) is 14.1 Å². The van der Waals surface area contributed by atoms with Gasteiger partial charge in [-0.1, -0.05) is 0 Å². The predicted octanol–water partition coefficient (Wildman–Crippen LogP) is 0.0628. The Labute approximate surface area is 140 Å². The quantitative estimate of drug-likeness (QED) is 0.793. The number of hydrogen-bond donors (Lipinski definition) is 0. The summed E-state index contributed by atoms with van der Waals surface area (Å²) in [7, 11) is 3.15. The van der Waals surface area contributed by atoms with E-state index in [1.807, 2.05) is 11.5 Å². The van der Waals surface area contributed by atoms with E-state index in [4.69, 9.17) is 4.74 Å². The molecule has 24 heavy (non-hydrogen) atoms. The lowest BCUT2D eigenvalue weighted by atomic mass is 10.2. The monoisotopic (exact) mass is 335 g/mol. The van der Waals surface area contributed by atoms with Crippen LogP contribution in [0, 0.1) is 0 Å². The molecular weight excluding hydrogens is 310 g/mol. The Morgan fingerprint density at radius 3 is 2.33 bits per heavy atom. The molecule has 0 aromatic carbocycles. The smallest absolute Gasteiger partial charge is 0.332 e. The number of hydrogen-bond acceptors (Lipinski definition) is 5. The predicted molar refractivity (Wildman–Crippen MR) is 91.2 cm³/mol. The zero-order valence-electron chi connectivity index (χ0n) is 14.9. The van der Waals surface area contributed by atoms with Crippen molar-refractivity contribution < 1.29 is 4.74 Å². The second kappa shape index (κ2) is 6.18. The van der Waals surface area contributed by atoms with Crippen LogP contribution in [0.25, 0.3) is 11.2 Å². The first kappa shape index (κ1) is 16.9. The van der Waals surface area contributed by atoms with Crippen LogP contribution in [0.1, 0.15) is 26.6 Å². The number of aromatic nitrogens is 4. The molecule has 0 N–H and O–H groups in total. The van der Waals surface area contributed by atoms with Gasteiger partial charge in [-0.25, -0.2) is 9.78 Å². The number of rotatable bonds is 3. The number of nitrogens with zero attached hydrogens (tertiary/aromatic N) is 5. The van der Waals surface area contributed by atoms with Crippen molar-refractivity contribution in [2.45, 2.75) is 46.1 Å². The molecule has 8 nitrogen and oxygen atoms in total. The van der Waals surface area contributed by atoms with Crippen molar-refractivity contribution >= 4 is 11.2 Å². The summed E-state index contributed by atoms with van der Waals surface area (Å²) in [6, 6.07) is 0. The Balaban J connectivity index is 2.09. The Morgan fingerprint density at radius 2 is 1.75 bits per heavy atom. The zero-order chi connectivity index (χ0) is 17.6. The molecule has 1 aliphatic heterocycles. The Hall–Kier alpha value is -1.93. The van der Waals surface area contributed by atoms with Gasteiger partial charge >= 0.3 is 5.69 Å². The molecule has 0 saturated carbocycles. The minimum atomic E-state index is -0.353. The summed E-state index contributed by atoms with van der Waals surface area (Å²) >= 11 is 0. The van der Waals surface area contributed by atoms with E-state index in [0.29, 0.717) is 24.3 Å². The second-order valence-corrected chi connectivity index (χ2v) is 6.60. The number of aryl methyl sites for hydroxylation is 2. The molecule has 0 bridgehead atoms. The molecular formula is C16H25N5O3. The first-order chi connectivity index (χ1) is 11.3. The number of morpholine rings is 1. The summed E-state index contributed by atoms with van der Waals surface area (Å²) in [6.07, 6.45) is 0.343. The molecule has 3 rings (SSSR count). The fraction of sp³-hybridized carbons (Fsp3) is 0.688. The second-order valence-electron chi connectivity index (χ2n) is 6.60. The van der Waals surface area contributed by atoms with Crippen LogP contribution in [0.4, 0.5) is 0 Å². The molecule has 2 aromatic rings. The lowest BCUT2D eigenvalue weighted by molar-refractivity contribution is -0.0712. The standard InChI is InChI=1S/C16H25N5O3/c1-6-21-12(9-20-7-10(2)24-11(3)8-20)17-14-13(21)15(22)19(5)16(23)18(14)4/h10-11H,6-9H2,1-5H3. The highest BCUT2D eigenvalue weighted by Gasteiger charge is 2.25. The molecule has 1 fully saturated rings. The highest BCUT2D eigenvalue weighted by atomic mass is 16.5. The summed E-state index contributed by atoms with van der Waals surface area (Å²) in [5.74, 6) is 0.812. The third-order valence-electron chi connectivity index (χ3n) is 4.60. The van der Waals surface area contributed by atoms with Crippen LogP contribution in [-0.4, -0.2) is 48.9 Å². The van der Waals surface area contributed by atoms with Crippen LogP contribution in [-0.2, 0) is 31.9 Å². The van der Waals surface area contributed by atoms with E-state index >= 15 is 0 Å². The minimum Gasteiger partial charge on any atom is -0.373 e. The summed E-state index contributed by atoms with van der Waals surface area (Å²) in [4.78, 5) is 31.6. The molecule has 3 heterocycles. The SMILES string of the molecule is CCn1c(CN2CC(C)OC(C)C2)nc2c1c(=O)n(C)c(=O)n2C. The van der Waals surface area contributed by atoms with Crippen LogP contribution in [0.5, 0.6) is 0 Å². The van der Waals surface area contributed by atoms with E-state index in [-0.39, 0.29) is 23.5 Å². The number of ether oxygens (including phenoxy) is 1. The highest BCUT2D eigenvalue weighted by Crippen LogP contribution is 2.17. The molecule has 2 aromatic heterocycles. The highest BCUT2D eigenvalue weighted by molar-refractivity contribution is 5.71. The normalized spacial score (nSPS) is 22.4. The van der Waals surface area contributed by atoms with Crippen molar-refractivity contribution in [3.05, 3.63) is 26.7 Å². The molecule has 1 aliphatic rings. The molecule has 2 atom stereocenters. The molecule has 0 radical (unpaired) electrons. The molecule has 0 amide bonds. The lowest BCUT2D eigenvalue weighted by Gasteiger charge is -2.35. The van der Waals surface area contributed by atoms with Gasteiger partial charge in [0.15, 0.2) is 11.2 Å². The van der Waals surface area contributed by atoms with E-state index in [2.05, 4.69) is 23.7 Å². The minimum absolute atomic E-state index is 0.172. The summed E-state index contributed by atoms with van der Waals surface area (Å²) in [5, 5.41) is 0. The fourth-order valence-electron chi connectivity index (χ4n) is 3.57. The molecule has 8 heteroatoms. The molecule has 2 unspecified atom stereocenters. The Bertz CT molecular complexity index is 868. The first-order valence-corrected chi connectivity index (χ1v) is 8.36. The molecule has 1 saturated heterocycles. The number of fused-ring (bicyclic) bond motifs is 1. The molecule has 0 aliphatic carbocycles. The third-order valence-corrected chi connectivity index (χ3v) is 4.60.